The van der Waals surface area contributed by atoms with Gasteiger partial charge in [0.2, 0.25) is 0 Å². The van der Waals surface area contributed by atoms with Crippen molar-refractivity contribution in [2.45, 2.75) is 12.4 Å². The number of alkyl halides is 3. The standard InChI is InChI=1S/C15H19F3N2O2/c1-3-13(20-8-6-19-7-9-20)12-10-11(22-15(16,17)18)4-5-14(12)21-2/h3-5,10,13,19H,1,6-9H2,2H3/t13-/m0/s1. The Morgan fingerprint density at radius 1 is 1.32 bits per heavy atom. The Labute approximate surface area is 127 Å². The van der Waals surface area contributed by atoms with Gasteiger partial charge in [-0.15, -0.1) is 19.8 Å². The molecule has 1 aromatic carbocycles. The van der Waals surface area contributed by atoms with Crippen molar-refractivity contribution in [1.82, 2.24) is 10.2 Å². The van der Waals surface area contributed by atoms with Gasteiger partial charge in [0.05, 0.1) is 13.2 Å². The van der Waals surface area contributed by atoms with Gasteiger partial charge in [0, 0.05) is 31.7 Å². The molecule has 0 aromatic heterocycles. The van der Waals surface area contributed by atoms with E-state index in [1.54, 1.807) is 6.08 Å². The lowest BCUT2D eigenvalue weighted by Crippen LogP contribution is -2.44. The topological polar surface area (TPSA) is 33.7 Å². The Bertz CT molecular complexity index is 514. The van der Waals surface area contributed by atoms with E-state index in [4.69, 9.17) is 4.74 Å². The molecule has 1 atom stereocenters. The van der Waals surface area contributed by atoms with Crippen molar-refractivity contribution in [3.05, 3.63) is 36.4 Å². The molecule has 0 radical (unpaired) electrons. The maximum atomic E-state index is 12.4. The van der Waals surface area contributed by atoms with Crippen molar-refractivity contribution in [3.8, 4) is 11.5 Å². The van der Waals surface area contributed by atoms with Crippen molar-refractivity contribution >= 4 is 0 Å². The van der Waals surface area contributed by atoms with Crippen molar-refractivity contribution < 1.29 is 22.6 Å². The Balaban J connectivity index is 2.32. The summed E-state index contributed by atoms with van der Waals surface area (Å²) in [6, 6.07) is 3.86. The Morgan fingerprint density at radius 2 is 2.00 bits per heavy atom. The van der Waals surface area contributed by atoms with Crippen LogP contribution in [0.4, 0.5) is 13.2 Å². The first-order valence-electron chi connectivity index (χ1n) is 6.95. The van der Waals surface area contributed by atoms with Crippen molar-refractivity contribution in [2.24, 2.45) is 0 Å². The monoisotopic (exact) mass is 316 g/mol. The first kappa shape index (κ1) is 16.6. The van der Waals surface area contributed by atoms with Crippen molar-refractivity contribution in [2.75, 3.05) is 33.3 Å². The van der Waals surface area contributed by atoms with E-state index in [0.29, 0.717) is 11.3 Å². The molecular weight excluding hydrogens is 297 g/mol. The molecule has 1 N–H and O–H groups in total. The number of nitrogens with zero attached hydrogens (tertiary/aromatic N) is 1. The molecule has 0 spiro atoms. The SMILES string of the molecule is C=C[C@@H](c1cc(OC(F)(F)F)ccc1OC)N1CCNCC1. The van der Waals surface area contributed by atoms with E-state index in [2.05, 4.69) is 21.5 Å². The Morgan fingerprint density at radius 3 is 2.55 bits per heavy atom. The van der Waals surface area contributed by atoms with Crippen LogP contribution in [0.3, 0.4) is 0 Å². The zero-order valence-corrected chi connectivity index (χ0v) is 12.3. The van der Waals surface area contributed by atoms with Gasteiger partial charge < -0.3 is 14.8 Å². The van der Waals surface area contributed by atoms with Crippen LogP contribution in [-0.4, -0.2) is 44.6 Å². The molecule has 1 aliphatic rings. The number of hydrogen-bond acceptors (Lipinski definition) is 4. The van der Waals surface area contributed by atoms with Gasteiger partial charge in [0.1, 0.15) is 11.5 Å². The van der Waals surface area contributed by atoms with Crippen LogP contribution in [0.1, 0.15) is 11.6 Å². The second kappa shape index (κ2) is 7.02. The van der Waals surface area contributed by atoms with Gasteiger partial charge in [0.25, 0.3) is 0 Å². The van der Waals surface area contributed by atoms with Crippen LogP contribution in [-0.2, 0) is 0 Å². The summed E-state index contributed by atoms with van der Waals surface area (Å²) in [7, 11) is 1.49. The predicted molar refractivity (Wildman–Crippen MR) is 77.1 cm³/mol. The third-order valence-corrected chi connectivity index (χ3v) is 3.52. The molecule has 0 saturated carbocycles. The molecule has 122 valence electrons. The average Bonchev–Trinajstić information content (AvgIpc) is 2.48. The van der Waals surface area contributed by atoms with Crippen LogP contribution in [0.2, 0.25) is 0 Å². The number of nitrogens with one attached hydrogen (secondary N) is 1. The molecule has 2 rings (SSSR count). The zero-order valence-electron chi connectivity index (χ0n) is 12.3. The lowest BCUT2D eigenvalue weighted by Gasteiger charge is -2.34. The highest BCUT2D eigenvalue weighted by Gasteiger charge is 2.32. The molecule has 1 fully saturated rings. The van der Waals surface area contributed by atoms with Crippen LogP contribution in [0.25, 0.3) is 0 Å². The van der Waals surface area contributed by atoms with E-state index < -0.39 is 6.36 Å². The van der Waals surface area contributed by atoms with Gasteiger partial charge in [-0.1, -0.05) is 6.08 Å². The minimum Gasteiger partial charge on any atom is -0.496 e. The summed E-state index contributed by atoms with van der Waals surface area (Å²) in [5.41, 5.74) is 0.612. The van der Waals surface area contributed by atoms with E-state index in [1.807, 2.05) is 0 Å². The summed E-state index contributed by atoms with van der Waals surface area (Å²) in [5.74, 6) is 0.253. The van der Waals surface area contributed by atoms with E-state index in [1.165, 1.54) is 25.3 Å². The van der Waals surface area contributed by atoms with Crippen molar-refractivity contribution in [3.63, 3.8) is 0 Å². The number of halogens is 3. The molecule has 0 bridgehead atoms. The largest absolute Gasteiger partial charge is 0.573 e. The quantitative estimate of drug-likeness (QED) is 0.847. The van der Waals surface area contributed by atoms with Crippen LogP contribution in [0.15, 0.2) is 30.9 Å². The van der Waals surface area contributed by atoms with Gasteiger partial charge >= 0.3 is 6.36 Å². The van der Waals surface area contributed by atoms with Gasteiger partial charge in [-0.2, -0.15) is 0 Å². The van der Waals surface area contributed by atoms with Crippen LogP contribution < -0.4 is 14.8 Å². The molecule has 0 unspecified atom stereocenters. The number of rotatable bonds is 5. The normalized spacial score (nSPS) is 17.8. The molecule has 4 nitrogen and oxygen atoms in total. The fourth-order valence-electron chi connectivity index (χ4n) is 2.57. The highest BCUT2D eigenvalue weighted by atomic mass is 19.4. The van der Waals surface area contributed by atoms with E-state index in [-0.39, 0.29) is 11.8 Å². The fourth-order valence-corrected chi connectivity index (χ4v) is 2.57. The number of ether oxygens (including phenoxy) is 2. The highest BCUT2D eigenvalue weighted by molar-refractivity contribution is 5.43. The van der Waals surface area contributed by atoms with Crippen LogP contribution >= 0.6 is 0 Å². The van der Waals surface area contributed by atoms with Crippen LogP contribution in [0, 0.1) is 0 Å². The van der Waals surface area contributed by atoms with Crippen molar-refractivity contribution in [1.29, 1.82) is 0 Å². The molecule has 0 aliphatic carbocycles. The highest BCUT2D eigenvalue weighted by Crippen LogP contribution is 2.35. The number of hydrogen-bond donors (Lipinski definition) is 1. The molecular formula is C15H19F3N2O2. The van der Waals surface area contributed by atoms with Gasteiger partial charge in [-0.25, -0.2) is 0 Å². The summed E-state index contributed by atoms with van der Waals surface area (Å²) >= 11 is 0. The molecule has 22 heavy (non-hydrogen) atoms. The molecule has 7 heteroatoms. The lowest BCUT2D eigenvalue weighted by atomic mass is 10.0. The Kier molecular flexibility index (Phi) is 5.31. The predicted octanol–water partition coefficient (Wildman–Crippen LogP) is 2.73. The van der Waals surface area contributed by atoms with Gasteiger partial charge in [-0.05, 0) is 18.2 Å². The first-order chi connectivity index (χ1) is 10.4. The molecule has 1 aromatic rings. The summed E-state index contributed by atoms with van der Waals surface area (Å²) in [4.78, 5) is 2.14. The minimum absolute atomic E-state index is 0.228. The lowest BCUT2D eigenvalue weighted by molar-refractivity contribution is -0.274. The van der Waals surface area contributed by atoms with E-state index in [9.17, 15) is 13.2 Å². The zero-order chi connectivity index (χ0) is 16.2. The summed E-state index contributed by atoms with van der Waals surface area (Å²) in [6.07, 6.45) is -3.01. The average molecular weight is 316 g/mol. The molecule has 0 amide bonds. The Hall–Kier alpha value is -1.73. The fraction of sp³-hybridized carbons (Fsp3) is 0.467. The maximum Gasteiger partial charge on any atom is 0.573 e. The van der Waals surface area contributed by atoms with Gasteiger partial charge in [-0.3, -0.25) is 4.90 Å². The number of methoxy groups -OCH3 is 1. The van der Waals surface area contributed by atoms with Gasteiger partial charge in [0.15, 0.2) is 0 Å². The number of benzene rings is 1. The second-order valence-electron chi connectivity index (χ2n) is 4.92. The minimum atomic E-state index is -4.72. The summed E-state index contributed by atoms with van der Waals surface area (Å²) < 4.78 is 46.5. The first-order valence-corrected chi connectivity index (χ1v) is 6.95. The summed E-state index contributed by atoms with van der Waals surface area (Å²) in [6.45, 7) is 7.03. The van der Waals surface area contributed by atoms with E-state index >= 15 is 0 Å². The summed E-state index contributed by atoms with van der Waals surface area (Å²) in [5, 5.41) is 3.24. The molecule has 1 saturated heterocycles. The maximum absolute atomic E-state index is 12.4. The second-order valence-corrected chi connectivity index (χ2v) is 4.92. The third kappa shape index (κ3) is 4.14. The number of piperazine rings is 1. The third-order valence-electron chi connectivity index (χ3n) is 3.52. The van der Waals surface area contributed by atoms with Crippen LogP contribution in [0.5, 0.6) is 11.5 Å². The molecule has 1 heterocycles. The smallest absolute Gasteiger partial charge is 0.496 e. The van der Waals surface area contributed by atoms with E-state index in [0.717, 1.165) is 26.2 Å². The molecule has 1 aliphatic heterocycles.